The molecule has 0 radical (unpaired) electrons. The molecule has 30 heavy (non-hydrogen) atoms. The smallest absolute Gasteiger partial charge is 0.270 e. The van der Waals surface area contributed by atoms with Crippen molar-refractivity contribution in [2.24, 2.45) is 0 Å². The average molecular weight is 441 g/mol. The van der Waals surface area contributed by atoms with Gasteiger partial charge in [0.05, 0.1) is 5.69 Å². The van der Waals surface area contributed by atoms with Gasteiger partial charge in [-0.15, -0.1) is 16.4 Å². The number of amides is 1. The van der Waals surface area contributed by atoms with Gasteiger partial charge in [0.1, 0.15) is 5.75 Å². The molecule has 0 bridgehead atoms. The summed E-state index contributed by atoms with van der Waals surface area (Å²) in [5, 5.41) is 9.88. The van der Waals surface area contributed by atoms with Gasteiger partial charge in [-0.05, 0) is 57.5 Å². The molecule has 2 aromatic carbocycles. The zero-order valence-corrected chi connectivity index (χ0v) is 18.6. The van der Waals surface area contributed by atoms with Crippen molar-refractivity contribution in [1.29, 1.82) is 0 Å². The third-order valence-corrected chi connectivity index (χ3v) is 5.77. The summed E-state index contributed by atoms with van der Waals surface area (Å²) in [6.07, 6.45) is 0. The molecule has 0 atom stereocenters. The highest BCUT2D eigenvalue weighted by Crippen LogP contribution is 2.29. The Morgan fingerprint density at radius 1 is 1.17 bits per heavy atom. The lowest BCUT2D eigenvalue weighted by molar-refractivity contribution is -0.128. The van der Waals surface area contributed by atoms with E-state index in [9.17, 15) is 4.79 Å². The van der Waals surface area contributed by atoms with E-state index < -0.39 is 5.60 Å². The second-order valence-corrected chi connectivity index (χ2v) is 8.86. The van der Waals surface area contributed by atoms with Gasteiger partial charge < -0.3 is 4.74 Å². The van der Waals surface area contributed by atoms with Crippen molar-refractivity contribution >= 4 is 39.8 Å². The lowest BCUT2D eigenvalue weighted by Crippen LogP contribution is -2.42. The van der Waals surface area contributed by atoms with Crippen LogP contribution in [0, 0.1) is 13.8 Å². The minimum atomic E-state index is -1.12. The number of rotatable bonds is 5. The summed E-state index contributed by atoms with van der Waals surface area (Å²) in [5.74, 6) is 0.449. The molecule has 4 rings (SSSR count). The zero-order chi connectivity index (χ0) is 21.5. The maximum Gasteiger partial charge on any atom is 0.270 e. The molecule has 8 heteroatoms. The Bertz CT molecular complexity index is 1230. The molecule has 0 saturated heterocycles. The van der Waals surface area contributed by atoms with Gasteiger partial charge in [-0.1, -0.05) is 35.4 Å². The van der Waals surface area contributed by atoms with Gasteiger partial charge in [0.2, 0.25) is 4.96 Å². The molecule has 1 N–H and O–H groups in total. The van der Waals surface area contributed by atoms with Crippen molar-refractivity contribution in [3.63, 3.8) is 0 Å². The number of thiazole rings is 1. The Kier molecular flexibility index (Phi) is 5.26. The molecular weight excluding hydrogens is 420 g/mol. The van der Waals surface area contributed by atoms with Gasteiger partial charge in [-0.3, -0.25) is 10.1 Å². The van der Waals surface area contributed by atoms with E-state index in [4.69, 9.17) is 16.3 Å². The molecule has 0 unspecified atom stereocenters. The fraction of sp³-hybridized carbons (Fsp3) is 0.227. The van der Waals surface area contributed by atoms with Crippen LogP contribution in [0.2, 0.25) is 5.02 Å². The number of halogens is 1. The minimum absolute atomic E-state index is 0.241. The van der Waals surface area contributed by atoms with Crippen molar-refractivity contribution in [1.82, 2.24) is 14.6 Å². The summed E-state index contributed by atoms with van der Waals surface area (Å²) in [6, 6.07) is 13.2. The Balaban J connectivity index is 1.56. The molecule has 1 amide bonds. The number of hydrogen-bond acceptors (Lipinski definition) is 5. The van der Waals surface area contributed by atoms with Gasteiger partial charge in [0.25, 0.3) is 11.9 Å². The van der Waals surface area contributed by atoms with Gasteiger partial charge in [0, 0.05) is 16.0 Å². The minimum Gasteiger partial charge on any atom is -0.478 e. The summed E-state index contributed by atoms with van der Waals surface area (Å²) in [4.78, 5) is 18.0. The van der Waals surface area contributed by atoms with Gasteiger partial charge in [0.15, 0.2) is 5.60 Å². The van der Waals surface area contributed by atoms with Gasteiger partial charge in [-0.25, -0.2) is 4.52 Å². The first kappa shape index (κ1) is 20.4. The summed E-state index contributed by atoms with van der Waals surface area (Å²) >= 11 is 7.38. The van der Waals surface area contributed by atoms with Crippen LogP contribution in [0.15, 0.2) is 47.8 Å². The fourth-order valence-electron chi connectivity index (χ4n) is 3.12. The van der Waals surface area contributed by atoms with E-state index in [1.165, 1.54) is 16.9 Å². The SMILES string of the molecule is Cc1ccc(-c2csc3nc(NC(=O)C(C)(C)Oc4ccc(Cl)cc4)nn23)c(C)c1. The molecule has 0 aliphatic rings. The number of aryl methyl sites for hydroxylation is 2. The largest absolute Gasteiger partial charge is 0.478 e. The quantitative estimate of drug-likeness (QED) is 0.443. The number of carbonyl (C=O) groups excluding carboxylic acids is 1. The van der Waals surface area contributed by atoms with E-state index in [1.807, 2.05) is 5.38 Å². The molecule has 2 heterocycles. The van der Waals surface area contributed by atoms with Crippen LogP contribution in [0.5, 0.6) is 5.75 Å². The van der Waals surface area contributed by atoms with Crippen LogP contribution in [-0.2, 0) is 4.79 Å². The van der Waals surface area contributed by atoms with Crippen LogP contribution in [0.1, 0.15) is 25.0 Å². The fourth-order valence-corrected chi connectivity index (χ4v) is 4.06. The first-order valence-electron chi connectivity index (χ1n) is 9.41. The highest BCUT2D eigenvalue weighted by molar-refractivity contribution is 7.15. The lowest BCUT2D eigenvalue weighted by atomic mass is 10.0. The Morgan fingerprint density at radius 2 is 1.90 bits per heavy atom. The van der Waals surface area contributed by atoms with E-state index in [0.29, 0.717) is 15.7 Å². The topological polar surface area (TPSA) is 68.5 Å². The average Bonchev–Trinajstić information content (AvgIpc) is 3.24. The van der Waals surface area contributed by atoms with Crippen molar-refractivity contribution < 1.29 is 9.53 Å². The summed E-state index contributed by atoms with van der Waals surface area (Å²) in [7, 11) is 0. The maximum absolute atomic E-state index is 12.8. The number of nitrogens with one attached hydrogen (secondary N) is 1. The third-order valence-electron chi connectivity index (χ3n) is 4.70. The van der Waals surface area contributed by atoms with Crippen LogP contribution in [0.25, 0.3) is 16.2 Å². The molecule has 0 spiro atoms. The molecule has 0 fully saturated rings. The van der Waals surface area contributed by atoms with E-state index >= 15 is 0 Å². The molecule has 6 nitrogen and oxygen atoms in total. The van der Waals surface area contributed by atoms with Crippen LogP contribution in [-0.4, -0.2) is 26.1 Å². The number of anilines is 1. The highest BCUT2D eigenvalue weighted by Gasteiger charge is 2.31. The van der Waals surface area contributed by atoms with Crippen LogP contribution >= 0.6 is 22.9 Å². The molecule has 2 aromatic heterocycles. The number of benzene rings is 2. The first-order chi connectivity index (χ1) is 14.2. The van der Waals surface area contributed by atoms with E-state index in [0.717, 1.165) is 16.8 Å². The predicted molar refractivity (Wildman–Crippen MR) is 121 cm³/mol. The van der Waals surface area contributed by atoms with Crippen molar-refractivity contribution in [2.75, 3.05) is 5.32 Å². The van der Waals surface area contributed by atoms with Crippen molar-refractivity contribution in [3.05, 3.63) is 64.0 Å². The summed E-state index contributed by atoms with van der Waals surface area (Å²) in [6.45, 7) is 7.52. The summed E-state index contributed by atoms with van der Waals surface area (Å²) in [5.41, 5.74) is 3.27. The number of ether oxygens (including phenoxy) is 1. The van der Waals surface area contributed by atoms with Crippen LogP contribution in [0.3, 0.4) is 0 Å². The molecule has 4 aromatic rings. The van der Waals surface area contributed by atoms with Crippen LogP contribution in [0.4, 0.5) is 5.95 Å². The number of fused-ring (bicyclic) bond motifs is 1. The zero-order valence-electron chi connectivity index (χ0n) is 17.1. The molecule has 154 valence electrons. The number of nitrogens with zero attached hydrogens (tertiary/aromatic N) is 3. The molecule has 0 aliphatic heterocycles. The molecular formula is C22H21ClN4O2S. The second-order valence-electron chi connectivity index (χ2n) is 7.59. The standard InChI is InChI=1S/C22H21ClN4O2S/c1-13-5-10-17(14(2)11-13)18-12-30-21-25-20(26-27(18)21)24-19(28)22(3,4)29-16-8-6-15(23)7-9-16/h5-12H,1-4H3,(H,24,26,28). The number of hydrogen-bond donors (Lipinski definition) is 1. The monoisotopic (exact) mass is 440 g/mol. The van der Waals surface area contributed by atoms with Gasteiger partial charge >= 0.3 is 0 Å². The van der Waals surface area contributed by atoms with E-state index in [-0.39, 0.29) is 11.9 Å². The third kappa shape index (κ3) is 4.04. The Hall–Kier alpha value is -2.90. The molecule has 0 aliphatic carbocycles. The van der Waals surface area contributed by atoms with Crippen LogP contribution < -0.4 is 10.1 Å². The van der Waals surface area contributed by atoms with E-state index in [1.54, 1.807) is 42.6 Å². The number of carbonyl (C=O) groups is 1. The summed E-state index contributed by atoms with van der Waals surface area (Å²) < 4.78 is 7.59. The highest BCUT2D eigenvalue weighted by atomic mass is 35.5. The second kappa shape index (κ2) is 7.74. The van der Waals surface area contributed by atoms with Crippen molar-refractivity contribution in [2.45, 2.75) is 33.3 Å². The van der Waals surface area contributed by atoms with Gasteiger partial charge in [-0.2, -0.15) is 4.98 Å². The Labute approximate surface area is 183 Å². The number of aromatic nitrogens is 3. The first-order valence-corrected chi connectivity index (χ1v) is 10.7. The lowest BCUT2D eigenvalue weighted by Gasteiger charge is -2.24. The predicted octanol–water partition coefficient (Wildman–Crippen LogP) is 5.52. The maximum atomic E-state index is 12.8. The Morgan fingerprint density at radius 3 is 2.60 bits per heavy atom. The van der Waals surface area contributed by atoms with E-state index in [2.05, 4.69) is 47.4 Å². The normalized spacial score (nSPS) is 11.6. The molecule has 0 saturated carbocycles. The van der Waals surface area contributed by atoms with Crippen molar-refractivity contribution in [3.8, 4) is 17.0 Å².